The molecule has 1 rings (SSSR count). The Morgan fingerprint density at radius 1 is 0.885 bits per heavy atom. The topological polar surface area (TPSA) is 79.5 Å². The molecule has 5 nitrogen and oxygen atoms in total. The van der Waals surface area contributed by atoms with Crippen LogP contribution in [-0.2, 0) is 6.54 Å². The average molecular weight is 366 g/mol. The van der Waals surface area contributed by atoms with E-state index < -0.39 is 22.8 Å². The quantitative estimate of drug-likeness (QED) is 0.352. The summed E-state index contributed by atoms with van der Waals surface area (Å²) >= 11 is 0. The van der Waals surface area contributed by atoms with E-state index >= 15 is 0 Å². The zero-order valence-corrected chi connectivity index (χ0v) is 16.4. The van der Waals surface area contributed by atoms with E-state index in [2.05, 4.69) is 6.92 Å². The van der Waals surface area contributed by atoms with Gasteiger partial charge >= 0.3 is 0 Å². The Balaban J connectivity index is 2.24. The number of hydrogen-bond acceptors (Lipinski definition) is 4. The minimum absolute atomic E-state index is 0.0990. The van der Waals surface area contributed by atoms with Gasteiger partial charge in [-0.3, -0.25) is 9.59 Å². The molecule has 148 valence electrons. The monoisotopic (exact) mass is 365 g/mol. The van der Waals surface area contributed by atoms with Gasteiger partial charge in [0.05, 0.1) is 0 Å². The SMILES string of the molecule is CCCCCCCCCCCCCCn1c(C(C)=O)c(O)c(O)cc1=O. The van der Waals surface area contributed by atoms with Crippen LogP contribution in [-0.4, -0.2) is 20.6 Å². The molecule has 0 atom stereocenters. The standard InChI is InChI=1S/C21H35NO4/c1-3-4-5-6-7-8-9-10-11-12-13-14-15-22-19(25)16-18(24)21(26)20(22)17(2)23/h16,24,26H,3-15H2,1-2H3. The van der Waals surface area contributed by atoms with Gasteiger partial charge in [-0.05, 0) is 6.42 Å². The molecule has 26 heavy (non-hydrogen) atoms. The number of carbonyl (C=O) groups is 1. The smallest absolute Gasteiger partial charge is 0.255 e. The second-order valence-corrected chi connectivity index (χ2v) is 7.16. The number of nitrogens with zero attached hydrogens (tertiary/aromatic N) is 1. The lowest BCUT2D eigenvalue weighted by Crippen LogP contribution is -2.24. The van der Waals surface area contributed by atoms with Crippen LogP contribution in [0.2, 0.25) is 0 Å². The van der Waals surface area contributed by atoms with E-state index in [1.54, 1.807) is 0 Å². The maximum atomic E-state index is 12.0. The Morgan fingerprint density at radius 3 is 1.81 bits per heavy atom. The van der Waals surface area contributed by atoms with Gasteiger partial charge in [-0.2, -0.15) is 0 Å². The number of pyridine rings is 1. The van der Waals surface area contributed by atoms with Crippen molar-refractivity contribution >= 4 is 5.78 Å². The third kappa shape index (κ3) is 7.63. The first-order chi connectivity index (χ1) is 12.5. The highest BCUT2D eigenvalue weighted by atomic mass is 16.3. The molecule has 0 amide bonds. The molecule has 1 heterocycles. The van der Waals surface area contributed by atoms with E-state index in [0.717, 1.165) is 25.3 Å². The summed E-state index contributed by atoms with van der Waals surface area (Å²) < 4.78 is 1.27. The van der Waals surface area contributed by atoms with E-state index in [0.29, 0.717) is 6.54 Å². The largest absolute Gasteiger partial charge is 0.504 e. The van der Waals surface area contributed by atoms with E-state index in [1.807, 2.05) is 0 Å². The van der Waals surface area contributed by atoms with Crippen LogP contribution in [0.4, 0.5) is 0 Å². The maximum Gasteiger partial charge on any atom is 0.255 e. The predicted molar refractivity (Wildman–Crippen MR) is 105 cm³/mol. The van der Waals surface area contributed by atoms with Gasteiger partial charge in [-0.15, -0.1) is 0 Å². The van der Waals surface area contributed by atoms with Crippen molar-refractivity contribution in [2.45, 2.75) is 97.4 Å². The molecule has 1 aromatic rings. The van der Waals surface area contributed by atoms with E-state index in [1.165, 1.54) is 69.3 Å². The van der Waals surface area contributed by atoms with E-state index in [-0.39, 0.29) is 5.69 Å². The summed E-state index contributed by atoms with van der Waals surface area (Å²) in [6.07, 6.45) is 14.7. The number of rotatable bonds is 14. The number of aromatic nitrogens is 1. The predicted octanol–water partition coefficient (Wildman–Crippen LogP) is 5.16. The summed E-state index contributed by atoms with van der Waals surface area (Å²) in [7, 11) is 0. The summed E-state index contributed by atoms with van der Waals surface area (Å²) in [6.45, 7) is 3.91. The summed E-state index contributed by atoms with van der Waals surface area (Å²) in [6, 6.07) is 0.961. The van der Waals surface area contributed by atoms with Crippen LogP contribution in [0.3, 0.4) is 0 Å². The maximum absolute atomic E-state index is 12.0. The number of ketones is 1. The molecular formula is C21H35NO4. The van der Waals surface area contributed by atoms with Crippen molar-refractivity contribution in [2.24, 2.45) is 0 Å². The fraction of sp³-hybridized carbons (Fsp3) is 0.714. The second kappa shape index (κ2) is 12.6. The molecule has 0 saturated heterocycles. The van der Waals surface area contributed by atoms with Gasteiger partial charge in [-0.25, -0.2) is 0 Å². The number of hydrogen-bond donors (Lipinski definition) is 2. The Morgan fingerprint density at radius 2 is 1.35 bits per heavy atom. The van der Waals surface area contributed by atoms with Crippen molar-refractivity contribution < 1.29 is 15.0 Å². The van der Waals surface area contributed by atoms with Gasteiger partial charge in [0, 0.05) is 19.5 Å². The molecule has 0 radical (unpaired) electrons. The third-order valence-electron chi connectivity index (χ3n) is 4.83. The average Bonchev–Trinajstić information content (AvgIpc) is 2.59. The Labute approximate surface area is 157 Å². The van der Waals surface area contributed by atoms with E-state index in [4.69, 9.17) is 0 Å². The molecule has 0 fully saturated rings. The van der Waals surface area contributed by atoms with Gasteiger partial charge in [0.2, 0.25) is 0 Å². The molecule has 1 aromatic heterocycles. The molecule has 5 heteroatoms. The first-order valence-electron chi connectivity index (χ1n) is 10.2. The normalized spacial score (nSPS) is 11.0. The Bertz CT molecular complexity index is 607. The zero-order chi connectivity index (χ0) is 19.4. The van der Waals surface area contributed by atoms with Gasteiger partial charge in [-0.1, -0.05) is 77.6 Å². The highest BCUT2D eigenvalue weighted by molar-refractivity contribution is 5.95. The minimum atomic E-state index is -0.536. The summed E-state index contributed by atoms with van der Waals surface area (Å²) in [4.78, 5) is 23.7. The van der Waals surface area contributed by atoms with Crippen LogP contribution in [0.15, 0.2) is 10.9 Å². The minimum Gasteiger partial charge on any atom is -0.504 e. The fourth-order valence-corrected chi connectivity index (χ4v) is 3.31. The summed E-state index contributed by atoms with van der Waals surface area (Å²) in [5, 5.41) is 19.3. The Hall–Kier alpha value is -1.78. The lowest BCUT2D eigenvalue weighted by molar-refractivity contribution is 0.0998. The second-order valence-electron chi connectivity index (χ2n) is 7.16. The number of aromatic hydroxyl groups is 2. The summed E-state index contributed by atoms with van der Waals surface area (Å²) in [5.74, 6) is -1.46. The first-order valence-corrected chi connectivity index (χ1v) is 10.2. The third-order valence-corrected chi connectivity index (χ3v) is 4.83. The van der Waals surface area contributed by atoms with Crippen LogP contribution in [0.5, 0.6) is 11.5 Å². The van der Waals surface area contributed by atoms with Gasteiger partial charge in [0.1, 0.15) is 5.69 Å². The number of Topliss-reactive ketones (excluding diaryl/α,β-unsaturated/α-hetero) is 1. The van der Waals surface area contributed by atoms with Crippen LogP contribution in [0, 0.1) is 0 Å². The number of unbranched alkanes of at least 4 members (excludes halogenated alkanes) is 11. The van der Waals surface area contributed by atoms with Crippen LogP contribution in [0.1, 0.15) is 101 Å². The molecule has 0 unspecified atom stereocenters. The summed E-state index contributed by atoms with van der Waals surface area (Å²) in [5.41, 5.74) is -0.549. The van der Waals surface area contributed by atoms with Crippen molar-refractivity contribution in [1.82, 2.24) is 4.57 Å². The molecule has 0 aliphatic carbocycles. The van der Waals surface area contributed by atoms with Crippen LogP contribution in [0.25, 0.3) is 0 Å². The van der Waals surface area contributed by atoms with Crippen molar-refractivity contribution in [3.63, 3.8) is 0 Å². The molecule has 0 saturated carbocycles. The van der Waals surface area contributed by atoms with Gasteiger partial charge < -0.3 is 14.8 Å². The molecule has 0 aliphatic rings. The molecule has 0 aliphatic heterocycles. The lowest BCUT2D eigenvalue weighted by Gasteiger charge is -2.13. The highest BCUT2D eigenvalue weighted by Gasteiger charge is 2.17. The van der Waals surface area contributed by atoms with Gasteiger partial charge in [0.25, 0.3) is 5.56 Å². The zero-order valence-electron chi connectivity index (χ0n) is 16.4. The molecule has 0 bridgehead atoms. The van der Waals surface area contributed by atoms with Crippen LogP contribution < -0.4 is 5.56 Å². The number of carbonyl (C=O) groups excluding carboxylic acids is 1. The van der Waals surface area contributed by atoms with Crippen molar-refractivity contribution in [1.29, 1.82) is 0 Å². The molecule has 2 N–H and O–H groups in total. The first kappa shape index (κ1) is 22.3. The van der Waals surface area contributed by atoms with Crippen molar-refractivity contribution in [2.75, 3.05) is 0 Å². The van der Waals surface area contributed by atoms with Crippen molar-refractivity contribution in [3.8, 4) is 11.5 Å². The fourth-order valence-electron chi connectivity index (χ4n) is 3.31. The van der Waals surface area contributed by atoms with E-state index in [9.17, 15) is 19.8 Å². The van der Waals surface area contributed by atoms with Gasteiger partial charge in [0.15, 0.2) is 17.3 Å². The Kier molecular flexibility index (Phi) is 10.7. The highest BCUT2D eigenvalue weighted by Crippen LogP contribution is 2.27. The molecule has 0 spiro atoms. The van der Waals surface area contributed by atoms with Crippen molar-refractivity contribution in [3.05, 3.63) is 22.1 Å². The molecule has 0 aromatic carbocycles. The van der Waals surface area contributed by atoms with Crippen LogP contribution >= 0.6 is 0 Å². The lowest BCUT2D eigenvalue weighted by atomic mass is 10.1. The molecular weight excluding hydrogens is 330 g/mol.